The third-order valence-corrected chi connectivity index (χ3v) is 5.43. The predicted octanol–water partition coefficient (Wildman–Crippen LogP) is 2.89. The fourth-order valence-electron chi connectivity index (χ4n) is 3.53. The molecule has 0 aromatic rings. The van der Waals surface area contributed by atoms with Crippen molar-refractivity contribution in [1.82, 2.24) is 10.2 Å². The summed E-state index contributed by atoms with van der Waals surface area (Å²) in [6, 6.07) is 0. The number of likely N-dealkylation sites (tertiary alicyclic amines) is 1. The molecular formula is C15H30N2. The first-order chi connectivity index (χ1) is 8.28. The van der Waals surface area contributed by atoms with Gasteiger partial charge in [0.05, 0.1) is 0 Å². The molecule has 1 N–H and O–H groups in total. The van der Waals surface area contributed by atoms with E-state index in [1.165, 1.54) is 71.2 Å². The number of piperidine rings is 1. The zero-order valence-electron chi connectivity index (χ0n) is 11.8. The third-order valence-electron chi connectivity index (χ3n) is 5.43. The third kappa shape index (κ3) is 3.45. The quantitative estimate of drug-likeness (QED) is 0.792. The molecule has 0 radical (unpaired) electrons. The molecule has 2 rings (SSSR count). The van der Waals surface area contributed by atoms with Gasteiger partial charge in [0, 0.05) is 0 Å². The van der Waals surface area contributed by atoms with E-state index in [4.69, 9.17) is 0 Å². The van der Waals surface area contributed by atoms with E-state index < -0.39 is 0 Å². The van der Waals surface area contributed by atoms with Gasteiger partial charge in [-0.15, -0.1) is 0 Å². The molecule has 2 saturated heterocycles. The molecule has 1 unspecified atom stereocenters. The number of nitrogens with zero attached hydrogens (tertiary/aromatic N) is 1. The van der Waals surface area contributed by atoms with Gasteiger partial charge in [0.1, 0.15) is 0 Å². The lowest BCUT2D eigenvalue weighted by Gasteiger charge is -2.41. The van der Waals surface area contributed by atoms with Gasteiger partial charge in [0.15, 0.2) is 0 Å². The first-order valence-electron chi connectivity index (χ1n) is 7.71. The standard InChI is InChI=1S/C15H30N2/c1-3-15(4-2)7-11-17(12-8-15)10-6-14-5-9-16-13-14/h14,16H,3-13H2,1-2H3. The topological polar surface area (TPSA) is 15.3 Å². The minimum atomic E-state index is 0.686. The second kappa shape index (κ2) is 6.19. The van der Waals surface area contributed by atoms with Crippen LogP contribution in [0.5, 0.6) is 0 Å². The van der Waals surface area contributed by atoms with Crippen LogP contribution >= 0.6 is 0 Å². The molecule has 0 aliphatic carbocycles. The average Bonchev–Trinajstić information content (AvgIpc) is 2.90. The minimum Gasteiger partial charge on any atom is -0.316 e. The number of rotatable bonds is 5. The smallest absolute Gasteiger partial charge is 0.00134 e. The second-order valence-corrected chi connectivity index (χ2v) is 6.20. The predicted molar refractivity (Wildman–Crippen MR) is 74.3 cm³/mol. The van der Waals surface area contributed by atoms with Crippen molar-refractivity contribution in [1.29, 1.82) is 0 Å². The summed E-state index contributed by atoms with van der Waals surface area (Å²) in [4.78, 5) is 2.71. The highest BCUT2D eigenvalue weighted by atomic mass is 15.1. The van der Waals surface area contributed by atoms with Crippen LogP contribution in [0.1, 0.15) is 52.4 Å². The van der Waals surface area contributed by atoms with E-state index in [0.717, 1.165) is 5.92 Å². The van der Waals surface area contributed by atoms with E-state index in [9.17, 15) is 0 Å². The van der Waals surface area contributed by atoms with Crippen LogP contribution in [0.2, 0.25) is 0 Å². The highest BCUT2D eigenvalue weighted by molar-refractivity contribution is 4.84. The SMILES string of the molecule is CCC1(CC)CCN(CCC2CCNC2)CC1. The Hall–Kier alpha value is -0.0800. The fraction of sp³-hybridized carbons (Fsp3) is 1.00. The van der Waals surface area contributed by atoms with Crippen molar-refractivity contribution in [2.45, 2.75) is 52.4 Å². The van der Waals surface area contributed by atoms with Gasteiger partial charge in [-0.25, -0.2) is 0 Å². The van der Waals surface area contributed by atoms with Gasteiger partial charge >= 0.3 is 0 Å². The van der Waals surface area contributed by atoms with Crippen molar-refractivity contribution in [2.24, 2.45) is 11.3 Å². The van der Waals surface area contributed by atoms with Crippen molar-refractivity contribution in [3.05, 3.63) is 0 Å². The van der Waals surface area contributed by atoms with Gasteiger partial charge in [0.2, 0.25) is 0 Å². The lowest BCUT2D eigenvalue weighted by Crippen LogP contribution is -2.40. The molecule has 2 nitrogen and oxygen atoms in total. The minimum absolute atomic E-state index is 0.686. The van der Waals surface area contributed by atoms with Gasteiger partial charge in [-0.1, -0.05) is 26.7 Å². The van der Waals surface area contributed by atoms with Crippen LogP contribution in [0.4, 0.5) is 0 Å². The Kier molecular flexibility index (Phi) is 4.87. The first-order valence-corrected chi connectivity index (χ1v) is 7.71. The summed E-state index contributed by atoms with van der Waals surface area (Å²) in [6.07, 6.45) is 8.44. The maximum absolute atomic E-state index is 3.47. The van der Waals surface area contributed by atoms with Crippen molar-refractivity contribution in [2.75, 3.05) is 32.7 Å². The van der Waals surface area contributed by atoms with Crippen LogP contribution in [0.15, 0.2) is 0 Å². The van der Waals surface area contributed by atoms with E-state index in [2.05, 4.69) is 24.1 Å². The van der Waals surface area contributed by atoms with Crippen LogP contribution in [0.25, 0.3) is 0 Å². The zero-order chi connectivity index (χ0) is 12.1. The molecule has 0 aromatic carbocycles. The lowest BCUT2D eigenvalue weighted by molar-refractivity contribution is 0.0919. The van der Waals surface area contributed by atoms with Crippen LogP contribution in [-0.4, -0.2) is 37.6 Å². The Bertz CT molecular complexity index is 204. The number of hydrogen-bond acceptors (Lipinski definition) is 2. The molecule has 2 aliphatic heterocycles. The Morgan fingerprint density at radius 2 is 1.88 bits per heavy atom. The van der Waals surface area contributed by atoms with Gasteiger partial charge in [0.25, 0.3) is 0 Å². The van der Waals surface area contributed by atoms with Crippen molar-refractivity contribution in [3.8, 4) is 0 Å². The van der Waals surface area contributed by atoms with Crippen LogP contribution in [0.3, 0.4) is 0 Å². The maximum Gasteiger partial charge on any atom is -0.00134 e. The normalized spacial score (nSPS) is 29.6. The lowest BCUT2D eigenvalue weighted by atomic mass is 9.74. The summed E-state index contributed by atoms with van der Waals surface area (Å²) in [5.41, 5.74) is 0.686. The van der Waals surface area contributed by atoms with Gasteiger partial charge in [-0.05, 0) is 69.7 Å². The largest absolute Gasteiger partial charge is 0.316 e. The molecule has 0 spiro atoms. The molecule has 0 saturated carbocycles. The van der Waals surface area contributed by atoms with E-state index in [0.29, 0.717) is 5.41 Å². The van der Waals surface area contributed by atoms with Gasteiger partial charge in [-0.2, -0.15) is 0 Å². The van der Waals surface area contributed by atoms with E-state index in [1.54, 1.807) is 0 Å². The van der Waals surface area contributed by atoms with E-state index in [1.807, 2.05) is 0 Å². The molecule has 17 heavy (non-hydrogen) atoms. The fourth-order valence-corrected chi connectivity index (χ4v) is 3.53. The monoisotopic (exact) mass is 238 g/mol. The summed E-state index contributed by atoms with van der Waals surface area (Å²) in [5, 5.41) is 3.47. The number of hydrogen-bond donors (Lipinski definition) is 1. The highest BCUT2D eigenvalue weighted by Crippen LogP contribution is 2.37. The molecule has 2 aliphatic rings. The van der Waals surface area contributed by atoms with Gasteiger partial charge < -0.3 is 10.2 Å². The average molecular weight is 238 g/mol. The van der Waals surface area contributed by atoms with E-state index >= 15 is 0 Å². The van der Waals surface area contributed by atoms with Crippen LogP contribution in [-0.2, 0) is 0 Å². The van der Waals surface area contributed by atoms with Crippen molar-refractivity contribution >= 4 is 0 Å². The van der Waals surface area contributed by atoms with E-state index in [-0.39, 0.29) is 0 Å². The van der Waals surface area contributed by atoms with Gasteiger partial charge in [-0.3, -0.25) is 0 Å². The summed E-state index contributed by atoms with van der Waals surface area (Å²) in [6.45, 7) is 11.3. The molecular weight excluding hydrogens is 208 g/mol. The summed E-state index contributed by atoms with van der Waals surface area (Å²) < 4.78 is 0. The first kappa shape index (κ1) is 13.4. The molecule has 2 heteroatoms. The Morgan fingerprint density at radius 3 is 2.41 bits per heavy atom. The summed E-state index contributed by atoms with van der Waals surface area (Å²) in [5.74, 6) is 0.957. The molecule has 0 aromatic heterocycles. The molecule has 0 bridgehead atoms. The Balaban J connectivity index is 1.68. The van der Waals surface area contributed by atoms with Crippen molar-refractivity contribution in [3.63, 3.8) is 0 Å². The summed E-state index contributed by atoms with van der Waals surface area (Å²) in [7, 11) is 0. The Morgan fingerprint density at radius 1 is 1.18 bits per heavy atom. The molecule has 0 amide bonds. The Labute approximate surface area is 107 Å². The summed E-state index contributed by atoms with van der Waals surface area (Å²) >= 11 is 0. The van der Waals surface area contributed by atoms with Crippen LogP contribution in [0, 0.1) is 11.3 Å². The number of nitrogens with one attached hydrogen (secondary N) is 1. The highest BCUT2D eigenvalue weighted by Gasteiger charge is 2.31. The maximum atomic E-state index is 3.47. The zero-order valence-corrected chi connectivity index (χ0v) is 11.8. The second-order valence-electron chi connectivity index (χ2n) is 6.20. The van der Waals surface area contributed by atoms with Crippen LogP contribution < -0.4 is 5.32 Å². The molecule has 1 atom stereocenters. The molecule has 100 valence electrons. The van der Waals surface area contributed by atoms with Crippen molar-refractivity contribution < 1.29 is 0 Å². The molecule has 2 fully saturated rings. The molecule has 2 heterocycles.